The highest BCUT2D eigenvalue weighted by atomic mass is 32.1. The largest absolute Gasteiger partial charge is 0.451 e. The van der Waals surface area contributed by atoms with Crippen LogP contribution in [-0.4, -0.2) is 36.0 Å². The van der Waals surface area contributed by atoms with Gasteiger partial charge in [0.05, 0.1) is 5.69 Å². The summed E-state index contributed by atoms with van der Waals surface area (Å²) in [5.41, 5.74) is 1.48. The molecule has 0 fully saturated rings. The summed E-state index contributed by atoms with van der Waals surface area (Å²) in [5.74, 6) is -1.33. The number of ether oxygens (including phenoxy) is 1. The maximum Gasteiger partial charge on any atom is 0.350 e. The van der Waals surface area contributed by atoms with Gasteiger partial charge >= 0.3 is 12.0 Å². The van der Waals surface area contributed by atoms with E-state index in [0.717, 1.165) is 15.4 Å². The van der Waals surface area contributed by atoms with Crippen molar-refractivity contribution in [3.05, 3.63) is 49.8 Å². The molecular weight excluding hydrogens is 418 g/mol. The Kier molecular flexibility index (Phi) is 6.90. The molecule has 3 amide bonds. The zero-order valence-corrected chi connectivity index (χ0v) is 17.3. The first kappa shape index (κ1) is 20.2. The van der Waals surface area contributed by atoms with Crippen LogP contribution in [0, 0.1) is 6.92 Å². The van der Waals surface area contributed by atoms with Crippen LogP contribution in [0.1, 0.15) is 20.2 Å². The van der Waals surface area contributed by atoms with E-state index in [-0.39, 0.29) is 0 Å². The monoisotopic (exact) mass is 435 g/mol. The SMILES string of the molecule is Cc1nc(-c2ccsc2)sc1C(=O)OCC(=O)NC(=O)NCCc1cccs1. The van der Waals surface area contributed by atoms with Crippen LogP contribution in [0.2, 0.25) is 0 Å². The first-order chi connectivity index (χ1) is 13.5. The summed E-state index contributed by atoms with van der Waals surface area (Å²) in [5, 5.41) is 11.3. The third-order valence-corrected chi connectivity index (χ3v) is 6.38. The number of carbonyl (C=O) groups excluding carboxylic acids is 3. The van der Waals surface area contributed by atoms with E-state index in [9.17, 15) is 14.4 Å². The summed E-state index contributed by atoms with van der Waals surface area (Å²) < 4.78 is 5.01. The topological polar surface area (TPSA) is 97.4 Å². The fraction of sp³-hybridized carbons (Fsp3) is 0.222. The normalized spacial score (nSPS) is 10.5. The van der Waals surface area contributed by atoms with Crippen LogP contribution >= 0.6 is 34.0 Å². The Morgan fingerprint density at radius 3 is 2.79 bits per heavy atom. The van der Waals surface area contributed by atoms with Crippen molar-refractivity contribution in [2.45, 2.75) is 13.3 Å². The molecule has 0 spiro atoms. The standard InChI is InChI=1S/C18H17N3O4S3/c1-11-15(28-16(20-11)12-5-8-26-10-12)17(23)25-9-14(22)21-18(24)19-6-4-13-3-2-7-27-13/h2-3,5,7-8,10H,4,6,9H2,1H3,(H2,19,21,22,24). The van der Waals surface area contributed by atoms with E-state index >= 15 is 0 Å². The Balaban J connectivity index is 1.42. The summed E-state index contributed by atoms with van der Waals surface area (Å²) in [6.07, 6.45) is 0.686. The Morgan fingerprint density at radius 2 is 2.07 bits per heavy atom. The second kappa shape index (κ2) is 9.58. The minimum Gasteiger partial charge on any atom is -0.451 e. The molecule has 10 heteroatoms. The van der Waals surface area contributed by atoms with Crippen molar-refractivity contribution in [1.29, 1.82) is 0 Å². The average molecular weight is 436 g/mol. The highest BCUT2D eigenvalue weighted by Gasteiger charge is 2.19. The van der Waals surface area contributed by atoms with Gasteiger partial charge in [-0.1, -0.05) is 6.07 Å². The molecule has 2 N–H and O–H groups in total. The number of imide groups is 1. The molecule has 0 atom stereocenters. The van der Waals surface area contributed by atoms with Crippen LogP contribution in [0.4, 0.5) is 4.79 Å². The lowest BCUT2D eigenvalue weighted by Gasteiger charge is -2.06. The number of aryl methyl sites for hydroxylation is 1. The number of thiophene rings is 2. The van der Waals surface area contributed by atoms with Gasteiger partial charge in [-0.2, -0.15) is 11.3 Å². The van der Waals surface area contributed by atoms with Gasteiger partial charge in [0, 0.05) is 22.4 Å². The lowest BCUT2D eigenvalue weighted by Crippen LogP contribution is -2.42. The number of hydrogen-bond acceptors (Lipinski definition) is 8. The number of urea groups is 1. The van der Waals surface area contributed by atoms with Crippen molar-refractivity contribution in [3.8, 4) is 10.6 Å². The third-order valence-electron chi connectivity index (χ3n) is 3.57. The van der Waals surface area contributed by atoms with Gasteiger partial charge in [-0.05, 0) is 36.2 Å². The summed E-state index contributed by atoms with van der Waals surface area (Å²) in [4.78, 5) is 41.6. The number of carbonyl (C=O) groups is 3. The van der Waals surface area contributed by atoms with Crippen LogP contribution in [-0.2, 0) is 16.0 Å². The van der Waals surface area contributed by atoms with E-state index in [0.29, 0.717) is 23.5 Å². The molecule has 0 aromatic carbocycles. The molecule has 0 unspecified atom stereocenters. The fourth-order valence-electron chi connectivity index (χ4n) is 2.25. The molecule has 3 aromatic rings. The number of thiazole rings is 1. The summed E-state index contributed by atoms with van der Waals surface area (Å²) in [6, 6.07) is 5.21. The van der Waals surface area contributed by atoms with Crippen molar-refractivity contribution in [3.63, 3.8) is 0 Å². The number of esters is 1. The molecule has 0 aliphatic heterocycles. The molecular formula is C18H17N3O4S3. The van der Waals surface area contributed by atoms with Crippen molar-refractivity contribution in [1.82, 2.24) is 15.6 Å². The molecule has 146 valence electrons. The van der Waals surface area contributed by atoms with Gasteiger partial charge in [0.1, 0.15) is 9.88 Å². The lowest BCUT2D eigenvalue weighted by atomic mass is 10.3. The molecule has 3 heterocycles. The van der Waals surface area contributed by atoms with E-state index in [1.807, 2.05) is 34.3 Å². The quantitative estimate of drug-likeness (QED) is 0.554. The Hall–Kier alpha value is -2.56. The zero-order valence-electron chi connectivity index (χ0n) is 14.9. The molecule has 0 saturated carbocycles. The molecule has 3 aromatic heterocycles. The van der Waals surface area contributed by atoms with Crippen molar-refractivity contribution < 1.29 is 19.1 Å². The van der Waals surface area contributed by atoms with Crippen LogP contribution in [0.15, 0.2) is 34.3 Å². The number of hydrogen-bond donors (Lipinski definition) is 2. The molecule has 0 aliphatic rings. The second-order valence-corrected chi connectivity index (χ2v) is 8.47. The maximum absolute atomic E-state index is 12.2. The lowest BCUT2D eigenvalue weighted by molar-refractivity contribution is -0.123. The molecule has 0 bridgehead atoms. The van der Waals surface area contributed by atoms with Gasteiger partial charge < -0.3 is 10.1 Å². The minimum atomic E-state index is -0.692. The number of rotatable bonds is 7. The average Bonchev–Trinajstić information content (AvgIpc) is 3.41. The van der Waals surface area contributed by atoms with Crippen LogP contribution in [0.5, 0.6) is 0 Å². The van der Waals surface area contributed by atoms with Crippen LogP contribution < -0.4 is 10.6 Å². The van der Waals surface area contributed by atoms with E-state index in [1.54, 1.807) is 29.6 Å². The minimum absolute atomic E-state index is 0.342. The Morgan fingerprint density at radius 1 is 1.21 bits per heavy atom. The van der Waals surface area contributed by atoms with Crippen molar-refractivity contribution in [2.24, 2.45) is 0 Å². The van der Waals surface area contributed by atoms with Gasteiger partial charge in [0.25, 0.3) is 5.91 Å². The molecule has 0 radical (unpaired) electrons. The Bertz CT molecular complexity index is 949. The highest BCUT2D eigenvalue weighted by molar-refractivity contribution is 7.17. The highest BCUT2D eigenvalue weighted by Crippen LogP contribution is 2.29. The van der Waals surface area contributed by atoms with Gasteiger partial charge in [0.2, 0.25) is 0 Å². The summed E-state index contributed by atoms with van der Waals surface area (Å²) in [7, 11) is 0. The molecule has 0 aliphatic carbocycles. The number of nitrogens with zero attached hydrogens (tertiary/aromatic N) is 1. The van der Waals surface area contributed by atoms with Crippen LogP contribution in [0.3, 0.4) is 0 Å². The molecule has 3 rings (SSSR count). The Labute approximate surface area is 173 Å². The maximum atomic E-state index is 12.2. The number of amides is 3. The third kappa shape index (κ3) is 5.47. The van der Waals surface area contributed by atoms with Gasteiger partial charge in [-0.3, -0.25) is 10.1 Å². The first-order valence-corrected chi connectivity index (χ1v) is 10.9. The second-order valence-electron chi connectivity index (χ2n) is 5.66. The van der Waals surface area contributed by atoms with Gasteiger partial charge in [-0.15, -0.1) is 22.7 Å². The fourth-order valence-corrected chi connectivity index (χ4v) is 4.63. The first-order valence-electron chi connectivity index (χ1n) is 8.30. The van der Waals surface area contributed by atoms with Crippen molar-refractivity contribution >= 4 is 51.9 Å². The van der Waals surface area contributed by atoms with E-state index in [2.05, 4.69) is 15.6 Å². The van der Waals surface area contributed by atoms with E-state index in [4.69, 9.17) is 4.74 Å². The number of aromatic nitrogens is 1. The molecule has 7 nitrogen and oxygen atoms in total. The summed E-state index contributed by atoms with van der Waals surface area (Å²) in [6.45, 7) is 1.58. The van der Waals surface area contributed by atoms with Gasteiger partial charge in [0.15, 0.2) is 6.61 Å². The number of nitrogens with one attached hydrogen (secondary N) is 2. The van der Waals surface area contributed by atoms with Crippen molar-refractivity contribution in [2.75, 3.05) is 13.2 Å². The molecule has 0 saturated heterocycles. The van der Waals surface area contributed by atoms with E-state index in [1.165, 1.54) is 11.3 Å². The van der Waals surface area contributed by atoms with Gasteiger partial charge in [-0.25, -0.2) is 14.6 Å². The van der Waals surface area contributed by atoms with E-state index < -0.39 is 24.5 Å². The summed E-state index contributed by atoms with van der Waals surface area (Å²) >= 11 is 4.35. The molecule has 28 heavy (non-hydrogen) atoms. The smallest absolute Gasteiger partial charge is 0.350 e. The predicted octanol–water partition coefficient (Wildman–Crippen LogP) is 3.47. The zero-order chi connectivity index (χ0) is 19.9. The predicted molar refractivity (Wildman–Crippen MR) is 110 cm³/mol. The van der Waals surface area contributed by atoms with Crippen LogP contribution in [0.25, 0.3) is 10.6 Å².